The molecule has 0 N–H and O–H groups in total. The summed E-state index contributed by atoms with van der Waals surface area (Å²) >= 11 is 5.70. The van der Waals surface area contributed by atoms with Crippen LogP contribution in [0.5, 0.6) is 0 Å². The maximum Gasteiger partial charge on any atom is 0.260 e. The second-order valence-electron chi connectivity index (χ2n) is 5.22. The molecule has 0 radical (unpaired) electrons. The summed E-state index contributed by atoms with van der Waals surface area (Å²) in [6.07, 6.45) is 2.36. The maximum atomic E-state index is 12.7. The number of hydrogen-bond acceptors (Lipinski definition) is 4. The fourth-order valence-corrected chi connectivity index (χ4v) is 4.20. The highest BCUT2D eigenvalue weighted by Crippen LogP contribution is 2.20. The summed E-state index contributed by atoms with van der Waals surface area (Å²) in [6.45, 7) is 4.12. The second-order valence-corrected chi connectivity index (χ2v) is 7.32. The molecule has 7 heteroatoms. The van der Waals surface area contributed by atoms with Crippen molar-refractivity contribution in [3.05, 3.63) is 23.9 Å². The lowest BCUT2D eigenvalue weighted by Crippen LogP contribution is -2.42. The zero-order valence-corrected chi connectivity index (χ0v) is 13.4. The Kier molecular flexibility index (Phi) is 5.01. The van der Waals surface area contributed by atoms with Gasteiger partial charge in [0.05, 0.1) is 0 Å². The number of pyridine rings is 1. The summed E-state index contributed by atoms with van der Waals surface area (Å²) < 4.78 is 26.9. The fourth-order valence-electron chi connectivity index (χ4n) is 2.47. The van der Waals surface area contributed by atoms with Crippen LogP contribution in [0.15, 0.2) is 23.4 Å². The van der Waals surface area contributed by atoms with Crippen molar-refractivity contribution >= 4 is 21.6 Å². The van der Waals surface area contributed by atoms with E-state index < -0.39 is 10.0 Å². The molecule has 0 amide bonds. The zero-order chi connectivity index (χ0) is 14.8. The zero-order valence-electron chi connectivity index (χ0n) is 11.8. The molecule has 2 rings (SSSR count). The van der Waals surface area contributed by atoms with E-state index in [1.54, 1.807) is 10.4 Å². The first-order valence-electron chi connectivity index (χ1n) is 6.66. The van der Waals surface area contributed by atoms with E-state index in [-0.39, 0.29) is 11.1 Å². The van der Waals surface area contributed by atoms with E-state index in [0.29, 0.717) is 12.4 Å². The van der Waals surface area contributed by atoms with Crippen molar-refractivity contribution in [2.75, 3.05) is 26.7 Å². The van der Waals surface area contributed by atoms with Gasteiger partial charge in [0, 0.05) is 31.2 Å². The lowest BCUT2D eigenvalue weighted by molar-refractivity contribution is 0.290. The smallest absolute Gasteiger partial charge is 0.260 e. The molecule has 1 aromatic heterocycles. The summed E-state index contributed by atoms with van der Waals surface area (Å²) in [5.41, 5.74) is 0.814. The number of aromatic nitrogens is 1. The second kappa shape index (κ2) is 6.39. The van der Waals surface area contributed by atoms with E-state index in [1.165, 1.54) is 12.3 Å². The Labute approximate surface area is 125 Å². The van der Waals surface area contributed by atoms with E-state index in [4.69, 9.17) is 11.6 Å². The predicted octanol–water partition coefficient (Wildman–Crippen LogP) is 1.54. The van der Waals surface area contributed by atoms with Crippen molar-refractivity contribution in [1.82, 2.24) is 14.2 Å². The summed E-state index contributed by atoms with van der Waals surface area (Å²) in [4.78, 5) is 6.21. The van der Waals surface area contributed by atoms with Crippen LogP contribution in [0.2, 0.25) is 0 Å². The lowest BCUT2D eigenvalue weighted by Gasteiger charge is -2.26. The first-order valence-corrected chi connectivity index (χ1v) is 8.64. The molecular weight excluding hydrogens is 298 g/mol. The molecule has 0 bridgehead atoms. The van der Waals surface area contributed by atoms with Crippen molar-refractivity contribution in [2.24, 2.45) is 0 Å². The molecule has 1 aliphatic heterocycles. The Morgan fingerprint density at radius 1 is 1.40 bits per heavy atom. The van der Waals surface area contributed by atoms with E-state index in [2.05, 4.69) is 9.88 Å². The Hall–Kier alpha value is -0.690. The number of hydrogen-bond donors (Lipinski definition) is 0. The molecule has 1 fully saturated rings. The number of likely N-dealkylation sites (N-methyl/N-ethyl adjacent to an activating group) is 1. The number of nitrogens with zero attached hydrogens (tertiary/aromatic N) is 3. The lowest BCUT2D eigenvalue weighted by atomic mass is 10.3. The van der Waals surface area contributed by atoms with Gasteiger partial charge < -0.3 is 4.90 Å². The summed E-state index contributed by atoms with van der Waals surface area (Å²) in [6, 6.07) is 3.19. The van der Waals surface area contributed by atoms with Crippen LogP contribution in [-0.2, 0) is 15.9 Å². The van der Waals surface area contributed by atoms with Crippen molar-refractivity contribution in [1.29, 1.82) is 0 Å². The maximum absolute atomic E-state index is 12.7. The van der Waals surface area contributed by atoms with Gasteiger partial charge in [0.2, 0.25) is 0 Å². The number of alkyl halides is 1. The van der Waals surface area contributed by atoms with Crippen LogP contribution < -0.4 is 0 Å². The Bertz CT molecular complexity index is 547. The molecule has 1 aromatic rings. The molecular formula is C13H20ClN3O2S. The molecule has 0 spiro atoms. The molecule has 2 heterocycles. The predicted molar refractivity (Wildman–Crippen MR) is 79.3 cm³/mol. The largest absolute Gasteiger partial charge is 0.305 e. The molecule has 1 atom stereocenters. The topological polar surface area (TPSA) is 53.5 Å². The first kappa shape index (κ1) is 15.7. The molecule has 0 saturated carbocycles. The number of sulfonamides is 1. The van der Waals surface area contributed by atoms with Crippen molar-refractivity contribution < 1.29 is 8.42 Å². The van der Waals surface area contributed by atoms with Gasteiger partial charge in [0.1, 0.15) is 0 Å². The molecule has 0 aliphatic carbocycles. The average Bonchev–Trinajstić information content (AvgIpc) is 2.59. The minimum atomic E-state index is -3.53. The molecule has 112 valence electrons. The number of halogens is 1. The highest BCUT2D eigenvalue weighted by molar-refractivity contribution is 7.89. The van der Waals surface area contributed by atoms with Gasteiger partial charge in [-0.15, -0.1) is 11.6 Å². The third-order valence-electron chi connectivity index (χ3n) is 3.51. The van der Waals surface area contributed by atoms with Crippen molar-refractivity contribution in [3.63, 3.8) is 0 Å². The van der Waals surface area contributed by atoms with Gasteiger partial charge in [0.15, 0.2) is 5.03 Å². The van der Waals surface area contributed by atoms with Crippen LogP contribution in [0.4, 0.5) is 0 Å². The minimum absolute atomic E-state index is 0.0537. The third kappa shape index (κ3) is 3.31. The number of rotatable bonds is 3. The van der Waals surface area contributed by atoms with Gasteiger partial charge in [-0.1, -0.05) is 6.07 Å². The third-order valence-corrected chi connectivity index (χ3v) is 5.75. The molecule has 1 aliphatic rings. The van der Waals surface area contributed by atoms with E-state index in [0.717, 1.165) is 25.1 Å². The van der Waals surface area contributed by atoms with Crippen molar-refractivity contribution in [3.8, 4) is 0 Å². The minimum Gasteiger partial charge on any atom is -0.305 e. The molecule has 5 nitrogen and oxygen atoms in total. The quantitative estimate of drug-likeness (QED) is 0.794. The highest BCUT2D eigenvalue weighted by Gasteiger charge is 2.32. The SMILES string of the molecule is CC1CN(C)CCCN1S(=O)(=O)c1ccc(CCl)cn1. The van der Waals surface area contributed by atoms with Crippen LogP contribution >= 0.6 is 11.6 Å². The van der Waals surface area contributed by atoms with Crippen LogP contribution in [-0.4, -0.2) is 55.3 Å². The van der Waals surface area contributed by atoms with E-state index in [9.17, 15) is 8.42 Å². The van der Waals surface area contributed by atoms with Gasteiger partial charge in [-0.2, -0.15) is 4.31 Å². The van der Waals surface area contributed by atoms with E-state index >= 15 is 0 Å². The Morgan fingerprint density at radius 2 is 2.15 bits per heavy atom. The van der Waals surface area contributed by atoms with Crippen LogP contribution in [0.1, 0.15) is 18.9 Å². The Balaban J connectivity index is 2.28. The van der Waals surface area contributed by atoms with Gasteiger partial charge in [-0.05, 0) is 38.6 Å². The average molecular weight is 318 g/mol. The van der Waals surface area contributed by atoms with Gasteiger partial charge in [-0.25, -0.2) is 13.4 Å². The summed E-state index contributed by atoms with van der Waals surface area (Å²) in [5, 5.41) is 0.0998. The summed E-state index contributed by atoms with van der Waals surface area (Å²) in [5.74, 6) is 0.332. The van der Waals surface area contributed by atoms with Crippen LogP contribution in [0, 0.1) is 0 Å². The fraction of sp³-hybridized carbons (Fsp3) is 0.615. The summed E-state index contributed by atoms with van der Waals surface area (Å²) in [7, 11) is -1.52. The normalized spacial score (nSPS) is 22.6. The Morgan fingerprint density at radius 3 is 2.75 bits per heavy atom. The molecule has 0 aromatic carbocycles. The molecule has 1 saturated heterocycles. The molecule has 20 heavy (non-hydrogen) atoms. The molecule has 1 unspecified atom stereocenters. The monoisotopic (exact) mass is 317 g/mol. The first-order chi connectivity index (χ1) is 9.45. The standard InChI is InChI=1S/C13H20ClN3O2S/c1-11-10-16(2)6-3-7-17(11)20(18,19)13-5-4-12(8-14)9-15-13/h4-5,9,11H,3,6-8,10H2,1-2H3. The van der Waals surface area contributed by atoms with Gasteiger partial charge in [-0.3, -0.25) is 0 Å². The van der Waals surface area contributed by atoms with Crippen molar-refractivity contribution in [2.45, 2.75) is 30.3 Å². The van der Waals surface area contributed by atoms with Crippen LogP contribution in [0.3, 0.4) is 0 Å². The van der Waals surface area contributed by atoms with Crippen LogP contribution in [0.25, 0.3) is 0 Å². The highest BCUT2D eigenvalue weighted by atomic mass is 35.5. The van der Waals surface area contributed by atoms with Gasteiger partial charge in [0.25, 0.3) is 10.0 Å². The van der Waals surface area contributed by atoms with E-state index in [1.807, 2.05) is 14.0 Å². The van der Waals surface area contributed by atoms with Gasteiger partial charge >= 0.3 is 0 Å².